The maximum Gasteiger partial charge on any atom is 0.256 e. The zero-order chi connectivity index (χ0) is 12.1. The van der Waals surface area contributed by atoms with Crippen LogP contribution in [-0.4, -0.2) is 16.1 Å². The number of aromatic nitrogens is 2. The van der Waals surface area contributed by atoms with Gasteiger partial charge in [-0.15, -0.1) is 5.10 Å². The summed E-state index contributed by atoms with van der Waals surface area (Å²) in [6, 6.07) is 10.1. The first-order valence-corrected chi connectivity index (χ1v) is 4.95. The molecule has 2 aromatic rings. The summed E-state index contributed by atoms with van der Waals surface area (Å²) in [5, 5.41) is 10.1. The predicted molar refractivity (Wildman–Crippen MR) is 64.2 cm³/mol. The van der Waals surface area contributed by atoms with E-state index < -0.39 is 0 Å². The van der Waals surface area contributed by atoms with Crippen molar-refractivity contribution < 1.29 is 4.79 Å². The Bertz CT molecular complexity index is 497. The number of amides is 1. The van der Waals surface area contributed by atoms with E-state index in [4.69, 9.17) is 5.84 Å². The van der Waals surface area contributed by atoms with Crippen molar-refractivity contribution >= 4 is 17.4 Å². The molecule has 0 aliphatic rings. The van der Waals surface area contributed by atoms with E-state index in [1.54, 1.807) is 36.4 Å². The van der Waals surface area contributed by atoms with E-state index in [1.807, 2.05) is 0 Å². The lowest BCUT2D eigenvalue weighted by molar-refractivity contribution is 0.102. The zero-order valence-corrected chi connectivity index (χ0v) is 8.92. The van der Waals surface area contributed by atoms with E-state index in [9.17, 15) is 4.79 Å². The van der Waals surface area contributed by atoms with Crippen LogP contribution in [0.15, 0.2) is 42.6 Å². The Hall–Kier alpha value is -2.47. The van der Waals surface area contributed by atoms with Crippen molar-refractivity contribution in [3.05, 3.63) is 48.2 Å². The van der Waals surface area contributed by atoms with Gasteiger partial charge in [0.25, 0.3) is 5.91 Å². The summed E-state index contributed by atoms with van der Waals surface area (Å²) in [4.78, 5) is 11.8. The van der Waals surface area contributed by atoms with Crippen LogP contribution in [-0.2, 0) is 0 Å². The number of anilines is 2. The number of carbonyl (C=O) groups is 1. The molecule has 0 spiro atoms. The number of hydrogen-bond donors (Lipinski definition) is 3. The van der Waals surface area contributed by atoms with Crippen LogP contribution in [0.25, 0.3) is 0 Å². The van der Waals surface area contributed by atoms with Gasteiger partial charge >= 0.3 is 0 Å². The highest BCUT2D eigenvalue weighted by molar-refractivity contribution is 6.03. The number of carbonyl (C=O) groups excluding carboxylic acids is 1. The molecule has 0 aliphatic carbocycles. The minimum Gasteiger partial charge on any atom is -0.324 e. The number of nitrogens with zero attached hydrogens (tertiary/aromatic N) is 2. The maximum atomic E-state index is 11.8. The molecule has 0 bridgehead atoms. The quantitative estimate of drug-likeness (QED) is 0.539. The average molecular weight is 229 g/mol. The first-order chi connectivity index (χ1) is 8.29. The first kappa shape index (κ1) is 11.0. The molecule has 4 N–H and O–H groups in total. The van der Waals surface area contributed by atoms with E-state index >= 15 is 0 Å². The second-order valence-electron chi connectivity index (χ2n) is 3.28. The van der Waals surface area contributed by atoms with Crippen molar-refractivity contribution in [2.24, 2.45) is 5.84 Å². The molecule has 1 aromatic heterocycles. The summed E-state index contributed by atoms with van der Waals surface area (Å²) in [6.45, 7) is 0. The largest absolute Gasteiger partial charge is 0.324 e. The fourth-order valence-electron chi connectivity index (χ4n) is 1.27. The molecule has 86 valence electrons. The van der Waals surface area contributed by atoms with Crippen LogP contribution in [0.5, 0.6) is 0 Å². The van der Waals surface area contributed by atoms with Crippen molar-refractivity contribution in [2.75, 3.05) is 10.7 Å². The molecule has 6 heteroatoms. The van der Waals surface area contributed by atoms with Crippen LogP contribution in [0.4, 0.5) is 11.5 Å². The minimum atomic E-state index is -0.242. The molecule has 0 unspecified atom stereocenters. The number of hydrogen-bond acceptors (Lipinski definition) is 5. The highest BCUT2D eigenvalue weighted by Gasteiger charge is 2.06. The molecule has 6 nitrogen and oxygen atoms in total. The summed E-state index contributed by atoms with van der Waals surface area (Å²) in [5.74, 6) is 5.40. The Morgan fingerprint density at radius 1 is 1.18 bits per heavy atom. The van der Waals surface area contributed by atoms with Gasteiger partial charge in [0, 0.05) is 17.4 Å². The van der Waals surface area contributed by atoms with Crippen LogP contribution in [0.2, 0.25) is 0 Å². The van der Waals surface area contributed by atoms with Crippen molar-refractivity contribution in [1.82, 2.24) is 10.2 Å². The number of rotatable bonds is 3. The third kappa shape index (κ3) is 2.76. The van der Waals surface area contributed by atoms with Gasteiger partial charge in [0.2, 0.25) is 0 Å². The van der Waals surface area contributed by atoms with Gasteiger partial charge in [0.05, 0.1) is 0 Å². The molecule has 17 heavy (non-hydrogen) atoms. The molecule has 0 radical (unpaired) electrons. The van der Waals surface area contributed by atoms with E-state index in [1.165, 1.54) is 6.20 Å². The number of nitrogen functional groups attached to an aromatic ring is 1. The van der Waals surface area contributed by atoms with Crippen molar-refractivity contribution in [1.29, 1.82) is 0 Å². The number of benzene rings is 1. The lowest BCUT2D eigenvalue weighted by atomic mass is 10.2. The summed E-state index contributed by atoms with van der Waals surface area (Å²) < 4.78 is 0. The second-order valence-corrected chi connectivity index (χ2v) is 3.28. The molecular weight excluding hydrogens is 218 g/mol. The van der Waals surface area contributed by atoms with Gasteiger partial charge in [-0.25, -0.2) is 0 Å². The topological polar surface area (TPSA) is 92.9 Å². The van der Waals surface area contributed by atoms with E-state index in [0.717, 1.165) is 5.69 Å². The summed E-state index contributed by atoms with van der Waals surface area (Å²) in [6.07, 6.45) is 1.54. The Labute approximate surface area is 97.8 Å². The van der Waals surface area contributed by atoms with E-state index in [-0.39, 0.29) is 5.91 Å². The molecule has 0 saturated carbocycles. The fraction of sp³-hybridized carbons (Fsp3) is 0. The first-order valence-electron chi connectivity index (χ1n) is 4.95. The monoisotopic (exact) mass is 229 g/mol. The van der Waals surface area contributed by atoms with Crippen LogP contribution in [0, 0.1) is 0 Å². The molecule has 0 fully saturated rings. The molecule has 0 aliphatic heterocycles. The third-order valence-electron chi connectivity index (χ3n) is 2.13. The van der Waals surface area contributed by atoms with Gasteiger partial charge in [-0.2, -0.15) is 5.10 Å². The zero-order valence-electron chi connectivity index (χ0n) is 8.92. The predicted octanol–water partition coefficient (Wildman–Crippen LogP) is 1.01. The smallest absolute Gasteiger partial charge is 0.256 e. The standard InChI is InChI=1S/C11H11N5O/c12-15-9-5-3-8(4-6-9)11(17)14-10-2-1-7-13-16-10/h1-7,15H,12H2,(H,14,16,17). The van der Waals surface area contributed by atoms with Crippen LogP contribution >= 0.6 is 0 Å². The Morgan fingerprint density at radius 2 is 1.94 bits per heavy atom. The average Bonchev–Trinajstić information content (AvgIpc) is 2.40. The molecule has 2 rings (SSSR count). The molecule has 0 saturated heterocycles. The Kier molecular flexibility index (Phi) is 3.27. The van der Waals surface area contributed by atoms with Gasteiger partial charge in [0.1, 0.15) is 0 Å². The van der Waals surface area contributed by atoms with E-state index in [2.05, 4.69) is 20.9 Å². The van der Waals surface area contributed by atoms with Gasteiger partial charge in [-0.1, -0.05) is 0 Å². The third-order valence-corrected chi connectivity index (χ3v) is 2.13. The summed E-state index contributed by atoms with van der Waals surface area (Å²) in [7, 11) is 0. The van der Waals surface area contributed by atoms with Gasteiger partial charge in [-0.05, 0) is 36.4 Å². The number of nitrogens with two attached hydrogens (primary N) is 1. The van der Waals surface area contributed by atoms with Crippen molar-refractivity contribution in [2.45, 2.75) is 0 Å². The fourth-order valence-corrected chi connectivity index (χ4v) is 1.27. The van der Waals surface area contributed by atoms with Gasteiger partial charge in [-0.3, -0.25) is 10.6 Å². The maximum absolute atomic E-state index is 11.8. The summed E-state index contributed by atoms with van der Waals surface area (Å²) in [5.41, 5.74) is 3.75. The lowest BCUT2D eigenvalue weighted by Crippen LogP contribution is -2.13. The molecular formula is C11H11N5O. The van der Waals surface area contributed by atoms with Gasteiger partial charge < -0.3 is 10.7 Å². The molecule has 1 aromatic carbocycles. The van der Waals surface area contributed by atoms with Crippen LogP contribution in [0.1, 0.15) is 10.4 Å². The van der Waals surface area contributed by atoms with Crippen LogP contribution < -0.4 is 16.6 Å². The summed E-state index contributed by atoms with van der Waals surface area (Å²) >= 11 is 0. The van der Waals surface area contributed by atoms with Crippen molar-refractivity contribution in [3.8, 4) is 0 Å². The lowest BCUT2D eigenvalue weighted by Gasteiger charge is -2.04. The van der Waals surface area contributed by atoms with Crippen LogP contribution in [0.3, 0.4) is 0 Å². The highest BCUT2D eigenvalue weighted by atomic mass is 16.1. The Balaban J connectivity index is 2.09. The van der Waals surface area contributed by atoms with Crippen molar-refractivity contribution in [3.63, 3.8) is 0 Å². The number of nitrogens with one attached hydrogen (secondary N) is 2. The number of hydrazine groups is 1. The molecule has 1 amide bonds. The Morgan fingerprint density at radius 3 is 2.53 bits per heavy atom. The van der Waals surface area contributed by atoms with Gasteiger partial charge in [0.15, 0.2) is 5.82 Å². The second kappa shape index (κ2) is 5.04. The normalized spacial score (nSPS) is 9.71. The molecule has 1 heterocycles. The minimum absolute atomic E-state index is 0.242. The SMILES string of the molecule is NNc1ccc(C(=O)Nc2cccnn2)cc1. The van der Waals surface area contributed by atoms with E-state index in [0.29, 0.717) is 11.4 Å². The molecule has 0 atom stereocenters. The highest BCUT2D eigenvalue weighted by Crippen LogP contribution is 2.09.